The van der Waals surface area contributed by atoms with Crippen molar-refractivity contribution < 1.29 is 14.2 Å². The van der Waals surface area contributed by atoms with Gasteiger partial charge in [0.25, 0.3) is 0 Å². The van der Waals surface area contributed by atoms with E-state index in [1.807, 2.05) is 6.07 Å². The first-order chi connectivity index (χ1) is 9.70. The number of hydrogen-bond donors (Lipinski definition) is 1. The second-order valence-corrected chi connectivity index (χ2v) is 4.20. The molecule has 5 heteroatoms. The number of hydrogen-bond acceptors (Lipinski definition) is 3. The molecule has 1 aromatic heterocycles. The number of benzene rings is 2. The van der Waals surface area contributed by atoms with Crippen LogP contribution >= 0.6 is 0 Å². The van der Waals surface area contributed by atoms with Crippen LogP contribution in [0.2, 0.25) is 0 Å². The zero-order valence-electron chi connectivity index (χ0n) is 10.4. The third kappa shape index (κ3) is 2.61. The van der Waals surface area contributed by atoms with E-state index in [4.69, 9.17) is 4.74 Å². The van der Waals surface area contributed by atoms with Gasteiger partial charge in [-0.05, 0) is 36.4 Å². The van der Waals surface area contributed by atoms with Gasteiger partial charge in [0.1, 0.15) is 17.3 Å². The van der Waals surface area contributed by atoms with Gasteiger partial charge in [0.2, 0.25) is 0 Å². The molecular weight excluding hydrogens is 259 g/mol. The Morgan fingerprint density at radius 3 is 2.60 bits per heavy atom. The molecule has 0 saturated carbocycles. The van der Waals surface area contributed by atoms with Gasteiger partial charge in [-0.1, -0.05) is 6.07 Å². The summed E-state index contributed by atoms with van der Waals surface area (Å²) in [6.07, 6.45) is 3.23. The number of aromatic nitrogens is 2. The first-order valence-corrected chi connectivity index (χ1v) is 5.98. The molecule has 0 radical (unpaired) electrons. The van der Waals surface area contributed by atoms with Crippen molar-refractivity contribution in [2.24, 2.45) is 0 Å². The fourth-order valence-electron chi connectivity index (χ4n) is 1.77. The number of aromatic hydroxyl groups is 1. The lowest BCUT2D eigenvalue weighted by Gasteiger charge is -2.02. The quantitative estimate of drug-likeness (QED) is 0.792. The molecule has 0 amide bonds. The maximum atomic E-state index is 12.8. The topological polar surface area (TPSA) is 47.3 Å². The van der Waals surface area contributed by atoms with Crippen LogP contribution < -0.4 is 4.74 Å². The summed E-state index contributed by atoms with van der Waals surface area (Å²) in [5.41, 5.74) is 0.721. The fourth-order valence-corrected chi connectivity index (χ4v) is 1.77. The van der Waals surface area contributed by atoms with E-state index < -0.39 is 0 Å². The van der Waals surface area contributed by atoms with Crippen LogP contribution in [0.1, 0.15) is 0 Å². The Labute approximate surface area is 114 Å². The summed E-state index contributed by atoms with van der Waals surface area (Å²) in [7, 11) is 0. The average Bonchev–Trinajstić information content (AvgIpc) is 2.90. The van der Waals surface area contributed by atoms with Gasteiger partial charge in [-0.15, -0.1) is 0 Å². The van der Waals surface area contributed by atoms with Crippen LogP contribution in [0, 0.1) is 5.82 Å². The van der Waals surface area contributed by atoms with E-state index in [0.717, 1.165) is 5.69 Å². The highest BCUT2D eigenvalue weighted by atomic mass is 19.1. The maximum Gasteiger partial charge on any atom is 0.165 e. The minimum Gasteiger partial charge on any atom is -0.508 e. The second-order valence-electron chi connectivity index (χ2n) is 4.20. The van der Waals surface area contributed by atoms with Gasteiger partial charge in [-0.25, -0.2) is 9.07 Å². The third-order valence-corrected chi connectivity index (χ3v) is 2.70. The molecule has 0 unspecified atom stereocenters. The lowest BCUT2D eigenvalue weighted by atomic mass is 10.3. The predicted molar refractivity (Wildman–Crippen MR) is 71.7 cm³/mol. The van der Waals surface area contributed by atoms with Crippen LogP contribution in [0.4, 0.5) is 4.39 Å². The molecule has 100 valence electrons. The van der Waals surface area contributed by atoms with Crippen LogP contribution in [-0.2, 0) is 0 Å². The van der Waals surface area contributed by atoms with Crippen molar-refractivity contribution in [3.8, 4) is 22.9 Å². The van der Waals surface area contributed by atoms with Crippen molar-refractivity contribution in [3.63, 3.8) is 0 Å². The van der Waals surface area contributed by atoms with Gasteiger partial charge in [0.15, 0.2) is 5.75 Å². The number of rotatable bonds is 3. The Bertz CT molecular complexity index is 723. The van der Waals surface area contributed by atoms with Gasteiger partial charge in [-0.3, -0.25) is 0 Å². The molecule has 0 saturated heterocycles. The molecular formula is C15H11FN2O2. The minimum atomic E-state index is -0.312. The molecule has 3 rings (SSSR count). The van der Waals surface area contributed by atoms with Crippen molar-refractivity contribution >= 4 is 0 Å². The summed E-state index contributed by atoms with van der Waals surface area (Å²) in [4.78, 5) is 0. The van der Waals surface area contributed by atoms with Crippen molar-refractivity contribution in [2.75, 3.05) is 0 Å². The van der Waals surface area contributed by atoms with E-state index in [1.54, 1.807) is 47.4 Å². The van der Waals surface area contributed by atoms with E-state index in [9.17, 15) is 9.50 Å². The van der Waals surface area contributed by atoms with Gasteiger partial charge in [0.05, 0.1) is 18.1 Å². The Hall–Kier alpha value is -2.82. The summed E-state index contributed by atoms with van der Waals surface area (Å²) in [6, 6.07) is 12.5. The molecule has 0 bridgehead atoms. The lowest BCUT2D eigenvalue weighted by Crippen LogP contribution is -1.92. The highest BCUT2D eigenvalue weighted by molar-refractivity contribution is 5.39. The lowest BCUT2D eigenvalue weighted by molar-refractivity contribution is 0.474. The molecule has 1 N–H and O–H groups in total. The first kappa shape index (κ1) is 12.2. The molecule has 0 spiro atoms. The van der Waals surface area contributed by atoms with Crippen molar-refractivity contribution in [2.45, 2.75) is 0 Å². The van der Waals surface area contributed by atoms with E-state index in [-0.39, 0.29) is 11.6 Å². The number of halogens is 1. The molecule has 0 aliphatic rings. The number of phenols is 1. The minimum absolute atomic E-state index is 0.166. The van der Waals surface area contributed by atoms with E-state index in [2.05, 4.69) is 5.10 Å². The second kappa shape index (κ2) is 5.05. The van der Waals surface area contributed by atoms with E-state index in [1.165, 1.54) is 12.1 Å². The average molecular weight is 270 g/mol. The largest absolute Gasteiger partial charge is 0.508 e. The zero-order valence-corrected chi connectivity index (χ0v) is 10.4. The SMILES string of the molecule is Oc1cccc(-n2cc(Oc3ccc(F)cc3)cn2)c1. The summed E-state index contributed by atoms with van der Waals surface area (Å²) in [5.74, 6) is 0.911. The van der Waals surface area contributed by atoms with Crippen LogP contribution in [0.15, 0.2) is 60.9 Å². The monoisotopic (exact) mass is 270 g/mol. The Kier molecular flexibility index (Phi) is 3.09. The molecule has 2 aromatic carbocycles. The van der Waals surface area contributed by atoms with E-state index in [0.29, 0.717) is 11.5 Å². The first-order valence-electron chi connectivity index (χ1n) is 5.98. The molecule has 4 nitrogen and oxygen atoms in total. The summed E-state index contributed by atoms with van der Waals surface area (Å²) in [6.45, 7) is 0. The molecule has 0 aliphatic carbocycles. The standard InChI is InChI=1S/C15H11FN2O2/c16-11-4-6-14(7-5-11)20-15-9-17-18(10-15)12-2-1-3-13(19)8-12/h1-10,19H. The van der Waals surface area contributed by atoms with Crippen LogP contribution in [0.5, 0.6) is 17.2 Å². The number of nitrogens with zero attached hydrogens (tertiary/aromatic N) is 2. The van der Waals surface area contributed by atoms with Crippen LogP contribution in [0.25, 0.3) is 5.69 Å². The zero-order chi connectivity index (χ0) is 13.9. The van der Waals surface area contributed by atoms with Crippen molar-refractivity contribution in [1.82, 2.24) is 9.78 Å². The maximum absolute atomic E-state index is 12.8. The van der Waals surface area contributed by atoms with Gasteiger partial charge < -0.3 is 9.84 Å². The normalized spacial score (nSPS) is 10.4. The fraction of sp³-hybridized carbons (Fsp3) is 0. The van der Waals surface area contributed by atoms with Gasteiger partial charge >= 0.3 is 0 Å². The molecule has 0 atom stereocenters. The van der Waals surface area contributed by atoms with Crippen LogP contribution in [-0.4, -0.2) is 14.9 Å². The van der Waals surface area contributed by atoms with Crippen LogP contribution in [0.3, 0.4) is 0 Å². The Morgan fingerprint density at radius 1 is 1.05 bits per heavy atom. The van der Waals surface area contributed by atoms with Crippen molar-refractivity contribution in [3.05, 3.63) is 66.7 Å². The molecule has 0 fully saturated rings. The van der Waals surface area contributed by atoms with Gasteiger partial charge in [-0.2, -0.15) is 5.10 Å². The molecule has 1 heterocycles. The van der Waals surface area contributed by atoms with Gasteiger partial charge in [0, 0.05) is 6.07 Å². The predicted octanol–water partition coefficient (Wildman–Crippen LogP) is 3.51. The number of ether oxygens (including phenoxy) is 1. The molecule has 0 aliphatic heterocycles. The van der Waals surface area contributed by atoms with Crippen molar-refractivity contribution in [1.29, 1.82) is 0 Å². The smallest absolute Gasteiger partial charge is 0.165 e. The summed E-state index contributed by atoms with van der Waals surface area (Å²) < 4.78 is 19.9. The highest BCUT2D eigenvalue weighted by Crippen LogP contribution is 2.22. The third-order valence-electron chi connectivity index (χ3n) is 2.70. The molecule has 20 heavy (non-hydrogen) atoms. The molecule has 3 aromatic rings. The summed E-state index contributed by atoms with van der Waals surface area (Å²) in [5, 5.41) is 13.6. The van der Waals surface area contributed by atoms with E-state index >= 15 is 0 Å². The Morgan fingerprint density at radius 2 is 1.85 bits per heavy atom. The summed E-state index contributed by atoms with van der Waals surface area (Å²) >= 11 is 0. The number of phenolic OH excluding ortho intramolecular Hbond substituents is 1. The Balaban J connectivity index is 1.82. The highest BCUT2D eigenvalue weighted by Gasteiger charge is 2.04.